The van der Waals surface area contributed by atoms with Gasteiger partial charge in [0.25, 0.3) is 0 Å². The molecule has 126 valence electrons. The third-order valence-corrected chi connectivity index (χ3v) is 3.27. The zero-order valence-electron chi connectivity index (χ0n) is 13.0. The maximum atomic E-state index is 11.9. The van der Waals surface area contributed by atoms with Crippen molar-refractivity contribution in [2.75, 3.05) is 25.1 Å². The molecule has 2 aromatic carbocycles. The van der Waals surface area contributed by atoms with Crippen LogP contribution < -0.4 is 10.6 Å². The zero-order chi connectivity index (χ0) is 15.1. The summed E-state index contributed by atoms with van der Waals surface area (Å²) in [5.74, 6) is -0.333. The largest absolute Gasteiger partial charge is 0.465 e. The van der Waals surface area contributed by atoms with Gasteiger partial charge >= 0.3 is 5.97 Å². The number of nitrogens with two attached hydrogens (primary N) is 1. The van der Waals surface area contributed by atoms with Crippen LogP contribution in [0.25, 0.3) is 0 Å². The summed E-state index contributed by atoms with van der Waals surface area (Å²) in [7, 11) is 1.39. The molecule has 0 atom stereocenters. The smallest absolute Gasteiger partial charge is 0.339 e. The summed E-state index contributed by atoms with van der Waals surface area (Å²) in [5, 5.41) is 0. The van der Waals surface area contributed by atoms with Crippen molar-refractivity contribution >= 4 is 36.5 Å². The Hall–Kier alpha value is -1.75. The number of benzene rings is 2. The standard InChI is InChI=1S/C17H20N2O2.2ClH/c1-21-17(20)15-9-5-6-10-16(15)19(12-11-18)13-14-7-3-2-4-8-14;;/h2-10H,11-13,18H2,1H3;2*1H. The molecule has 6 heteroatoms. The van der Waals surface area contributed by atoms with Gasteiger partial charge in [0, 0.05) is 19.6 Å². The molecular weight excluding hydrogens is 335 g/mol. The summed E-state index contributed by atoms with van der Waals surface area (Å²) in [5.41, 5.74) is 8.30. The molecule has 0 bridgehead atoms. The Labute approximate surface area is 149 Å². The van der Waals surface area contributed by atoms with E-state index in [1.54, 1.807) is 6.07 Å². The molecule has 0 radical (unpaired) electrons. The SMILES string of the molecule is COC(=O)c1ccccc1N(CCN)Cc1ccccc1.Cl.Cl. The maximum Gasteiger partial charge on any atom is 0.339 e. The predicted octanol–water partition coefficient (Wildman–Crippen LogP) is 3.28. The molecule has 0 unspecified atom stereocenters. The van der Waals surface area contributed by atoms with E-state index < -0.39 is 0 Å². The van der Waals surface area contributed by atoms with E-state index in [4.69, 9.17) is 10.5 Å². The number of ether oxygens (including phenoxy) is 1. The quantitative estimate of drug-likeness (QED) is 0.806. The van der Waals surface area contributed by atoms with Gasteiger partial charge in [0.2, 0.25) is 0 Å². The van der Waals surface area contributed by atoms with Crippen LogP contribution in [0.15, 0.2) is 54.6 Å². The number of anilines is 1. The summed E-state index contributed by atoms with van der Waals surface area (Å²) < 4.78 is 4.86. The number of para-hydroxylation sites is 1. The number of esters is 1. The molecule has 0 heterocycles. The minimum atomic E-state index is -0.333. The van der Waals surface area contributed by atoms with E-state index in [9.17, 15) is 4.79 Å². The highest BCUT2D eigenvalue weighted by Gasteiger charge is 2.16. The normalized spacial score (nSPS) is 9.30. The minimum absolute atomic E-state index is 0. The Morgan fingerprint density at radius 3 is 2.26 bits per heavy atom. The van der Waals surface area contributed by atoms with E-state index in [1.807, 2.05) is 36.4 Å². The average Bonchev–Trinajstić information content (AvgIpc) is 2.55. The maximum absolute atomic E-state index is 11.9. The molecule has 0 fully saturated rings. The molecule has 0 aliphatic carbocycles. The van der Waals surface area contributed by atoms with Crippen LogP contribution in [0, 0.1) is 0 Å². The van der Waals surface area contributed by atoms with Gasteiger partial charge in [-0.3, -0.25) is 0 Å². The fraction of sp³-hybridized carbons (Fsp3) is 0.235. The molecule has 0 aliphatic rings. The van der Waals surface area contributed by atoms with Crippen LogP contribution in [0.5, 0.6) is 0 Å². The molecule has 0 aromatic heterocycles. The predicted molar refractivity (Wildman–Crippen MR) is 98.8 cm³/mol. The number of carbonyl (C=O) groups excluding carboxylic acids is 1. The molecular formula is C17H22Cl2N2O2. The Morgan fingerprint density at radius 1 is 1.04 bits per heavy atom. The minimum Gasteiger partial charge on any atom is -0.465 e. The van der Waals surface area contributed by atoms with Gasteiger partial charge < -0.3 is 15.4 Å². The van der Waals surface area contributed by atoms with Gasteiger partial charge in [0.05, 0.1) is 18.4 Å². The van der Waals surface area contributed by atoms with E-state index in [-0.39, 0.29) is 30.8 Å². The van der Waals surface area contributed by atoms with E-state index in [0.29, 0.717) is 25.2 Å². The first-order chi connectivity index (χ1) is 10.3. The van der Waals surface area contributed by atoms with Gasteiger partial charge in [0.1, 0.15) is 0 Å². The highest BCUT2D eigenvalue weighted by atomic mass is 35.5. The molecule has 2 N–H and O–H groups in total. The number of hydrogen-bond acceptors (Lipinski definition) is 4. The summed E-state index contributed by atoms with van der Waals surface area (Å²) in [6.07, 6.45) is 0. The molecule has 0 saturated heterocycles. The second-order valence-electron chi connectivity index (χ2n) is 4.70. The van der Waals surface area contributed by atoms with Crippen LogP contribution in [0.2, 0.25) is 0 Å². The van der Waals surface area contributed by atoms with Crippen LogP contribution in [0.3, 0.4) is 0 Å². The number of nitrogens with zero attached hydrogens (tertiary/aromatic N) is 1. The second-order valence-corrected chi connectivity index (χ2v) is 4.70. The molecule has 2 aromatic rings. The topological polar surface area (TPSA) is 55.6 Å². The number of rotatable bonds is 6. The van der Waals surface area contributed by atoms with E-state index in [1.165, 1.54) is 12.7 Å². The lowest BCUT2D eigenvalue weighted by Gasteiger charge is -2.26. The third kappa shape index (κ3) is 5.75. The molecule has 0 spiro atoms. The van der Waals surface area contributed by atoms with Crippen LogP contribution in [-0.4, -0.2) is 26.2 Å². The van der Waals surface area contributed by atoms with Crippen LogP contribution in [0.4, 0.5) is 5.69 Å². The van der Waals surface area contributed by atoms with Gasteiger partial charge in [-0.2, -0.15) is 0 Å². The lowest BCUT2D eigenvalue weighted by atomic mass is 10.1. The monoisotopic (exact) mass is 356 g/mol. The number of hydrogen-bond donors (Lipinski definition) is 1. The van der Waals surface area contributed by atoms with Gasteiger partial charge in [-0.25, -0.2) is 4.79 Å². The summed E-state index contributed by atoms with van der Waals surface area (Å²) >= 11 is 0. The molecule has 4 nitrogen and oxygen atoms in total. The van der Waals surface area contributed by atoms with E-state index in [2.05, 4.69) is 17.0 Å². The van der Waals surface area contributed by atoms with Crippen molar-refractivity contribution < 1.29 is 9.53 Å². The molecule has 0 aliphatic heterocycles. The highest BCUT2D eigenvalue weighted by molar-refractivity contribution is 5.95. The van der Waals surface area contributed by atoms with Gasteiger partial charge in [-0.05, 0) is 17.7 Å². The molecule has 23 heavy (non-hydrogen) atoms. The van der Waals surface area contributed by atoms with Crippen molar-refractivity contribution in [3.05, 3.63) is 65.7 Å². The van der Waals surface area contributed by atoms with Crippen LogP contribution >= 0.6 is 24.8 Å². The molecule has 0 amide bonds. The van der Waals surface area contributed by atoms with Crippen molar-refractivity contribution in [3.8, 4) is 0 Å². The van der Waals surface area contributed by atoms with Crippen molar-refractivity contribution in [1.29, 1.82) is 0 Å². The Morgan fingerprint density at radius 2 is 1.65 bits per heavy atom. The van der Waals surface area contributed by atoms with Gasteiger partial charge in [0.15, 0.2) is 0 Å². The van der Waals surface area contributed by atoms with Crippen molar-refractivity contribution in [2.45, 2.75) is 6.54 Å². The molecule has 0 saturated carbocycles. The first-order valence-corrected chi connectivity index (χ1v) is 6.92. The van der Waals surface area contributed by atoms with Gasteiger partial charge in [-0.1, -0.05) is 42.5 Å². The van der Waals surface area contributed by atoms with E-state index >= 15 is 0 Å². The number of methoxy groups -OCH3 is 1. The number of halogens is 2. The lowest BCUT2D eigenvalue weighted by Crippen LogP contribution is -2.30. The Kier molecular flexibility index (Phi) is 10.1. The zero-order valence-corrected chi connectivity index (χ0v) is 14.6. The summed E-state index contributed by atoms with van der Waals surface area (Å²) in [6, 6.07) is 17.5. The van der Waals surface area contributed by atoms with Crippen molar-refractivity contribution in [3.63, 3.8) is 0 Å². The first kappa shape index (κ1) is 21.2. The third-order valence-electron chi connectivity index (χ3n) is 3.27. The summed E-state index contributed by atoms with van der Waals surface area (Å²) in [6.45, 7) is 1.89. The Balaban J connectivity index is 0.00000242. The lowest BCUT2D eigenvalue weighted by molar-refractivity contribution is 0.0601. The van der Waals surface area contributed by atoms with Crippen LogP contribution in [-0.2, 0) is 11.3 Å². The first-order valence-electron chi connectivity index (χ1n) is 6.92. The number of carbonyl (C=O) groups is 1. The van der Waals surface area contributed by atoms with Crippen LogP contribution in [0.1, 0.15) is 15.9 Å². The fourth-order valence-electron chi connectivity index (χ4n) is 2.28. The molecule has 2 rings (SSSR count). The summed E-state index contributed by atoms with van der Waals surface area (Å²) in [4.78, 5) is 14.0. The van der Waals surface area contributed by atoms with Crippen molar-refractivity contribution in [1.82, 2.24) is 0 Å². The Bertz CT molecular complexity index is 594. The highest BCUT2D eigenvalue weighted by Crippen LogP contribution is 2.23. The van der Waals surface area contributed by atoms with Crippen molar-refractivity contribution in [2.24, 2.45) is 5.73 Å². The van der Waals surface area contributed by atoms with E-state index in [0.717, 1.165) is 5.69 Å². The second kappa shape index (κ2) is 10.9. The fourth-order valence-corrected chi connectivity index (χ4v) is 2.28. The average molecular weight is 357 g/mol. The van der Waals surface area contributed by atoms with Gasteiger partial charge in [-0.15, -0.1) is 24.8 Å².